The molecule has 0 bridgehead atoms. The Bertz CT molecular complexity index is 786. The van der Waals surface area contributed by atoms with E-state index in [0.717, 1.165) is 18.0 Å². The molecule has 3 N–H and O–H groups in total. The normalized spacial score (nSPS) is 11.4. The van der Waals surface area contributed by atoms with E-state index < -0.39 is 0 Å². The van der Waals surface area contributed by atoms with E-state index in [1.807, 2.05) is 31.2 Å². The lowest BCUT2D eigenvalue weighted by atomic mass is 10.1. The number of carbonyl (C=O) groups is 1. The second-order valence-corrected chi connectivity index (χ2v) is 6.55. The summed E-state index contributed by atoms with van der Waals surface area (Å²) in [7, 11) is 0. The Balaban J connectivity index is 1.81. The number of nitrogens with one attached hydrogen (secondary N) is 3. The summed E-state index contributed by atoms with van der Waals surface area (Å²) in [5, 5.41) is 13.2. The molecular weight excluding hydrogens is 358 g/mol. The van der Waals surface area contributed by atoms with E-state index in [2.05, 4.69) is 39.9 Å². The van der Waals surface area contributed by atoms with Gasteiger partial charge in [-0.2, -0.15) is 0 Å². The molecule has 8 heteroatoms. The van der Waals surface area contributed by atoms with Crippen molar-refractivity contribution in [3.63, 3.8) is 0 Å². The van der Waals surface area contributed by atoms with Gasteiger partial charge < -0.3 is 25.2 Å². The molecule has 0 saturated carbocycles. The quantitative estimate of drug-likeness (QED) is 0.347. The van der Waals surface area contributed by atoms with Crippen molar-refractivity contribution in [3.05, 3.63) is 41.8 Å². The van der Waals surface area contributed by atoms with E-state index in [4.69, 9.17) is 9.26 Å². The molecule has 152 valence electrons. The Hall–Kier alpha value is -3.03. The summed E-state index contributed by atoms with van der Waals surface area (Å²) in [6.07, 6.45) is 0. The Labute approximate surface area is 165 Å². The van der Waals surface area contributed by atoms with Crippen LogP contribution in [-0.2, 0) is 11.3 Å². The maximum atomic E-state index is 11.1. The van der Waals surface area contributed by atoms with Gasteiger partial charge in [-0.3, -0.25) is 4.79 Å². The van der Waals surface area contributed by atoms with Crippen LogP contribution >= 0.6 is 0 Å². The number of nitrogens with zero attached hydrogens (tertiary/aromatic N) is 2. The van der Waals surface area contributed by atoms with E-state index in [1.165, 1.54) is 6.92 Å². The van der Waals surface area contributed by atoms with Crippen LogP contribution in [0.2, 0.25) is 0 Å². The second kappa shape index (κ2) is 11.0. The molecule has 2 aromatic rings. The number of anilines is 1. The zero-order valence-electron chi connectivity index (χ0n) is 16.9. The van der Waals surface area contributed by atoms with Crippen molar-refractivity contribution < 1.29 is 14.1 Å². The SMILES string of the molecule is CCNC(=NCc1cc(C(C)C)no1)NCCOc1cccc(NC(C)=O)c1. The number of rotatable bonds is 9. The topological polar surface area (TPSA) is 101 Å². The molecule has 0 aliphatic carbocycles. The fourth-order valence-corrected chi connectivity index (χ4v) is 2.38. The minimum atomic E-state index is -0.113. The molecule has 1 aromatic carbocycles. The Morgan fingerprint density at radius 2 is 2.11 bits per heavy atom. The first-order chi connectivity index (χ1) is 13.5. The Kier molecular flexibility index (Phi) is 8.33. The molecule has 0 radical (unpaired) electrons. The highest BCUT2D eigenvalue weighted by Crippen LogP contribution is 2.17. The summed E-state index contributed by atoms with van der Waals surface area (Å²) in [4.78, 5) is 15.6. The van der Waals surface area contributed by atoms with Crippen LogP contribution in [0.3, 0.4) is 0 Å². The van der Waals surface area contributed by atoms with Gasteiger partial charge in [-0.1, -0.05) is 25.1 Å². The van der Waals surface area contributed by atoms with Crippen LogP contribution < -0.4 is 20.7 Å². The van der Waals surface area contributed by atoms with Crippen molar-refractivity contribution in [1.82, 2.24) is 15.8 Å². The van der Waals surface area contributed by atoms with Crippen LogP contribution in [0.1, 0.15) is 45.1 Å². The zero-order chi connectivity index (χ0) is 20.4. The third-order valence-electron chi connectivity index (χ3n) is 3.72. The highest BCUT2D eigenvalue weighted by molar-refractivity contribution is 5.88. The van der Waals surface area contributed by atoms with Crippen LogP contribution in [0.15, 0.2) is 39.8 Å². The first-order valence-corrected chi connectivity index (χ1v) is 9.46. The van der Waals surface area contributed by atoms with Gasteiger partial charge in [0.05, 0.1) is 12.2 Å². The van der Waals surface area contributed by atoms with Crippen LogP contribution in [-0.4, -0.2) is 36.7 Å². The number of carbonyl (C=O) groups excluding carboxylic acids is 1. The summed E-state index contributed by atoms with van der Waals surface area (Å²) in [6, 6.07) is 9.22. The van der Waals surface area contributed by atoms with Gasteiger partial charge in [0, 0.05) is 31.3 Å². The second-order valence-electron chi connectivity index (χ2n) is 6.55. The fourth-order valence-electron chi connectivity index (χ4n) is 2.38. The number of aromatic nitrogens is 1. The summed E-state index contributed by atoms with van der Waals surface area (Å²) >= 11 is 0. The highest BCUT2D eigenvalue weighted by atomic mass is 16.5. The van der Waals surface area contributed by atoms with Crippen molar-refractivity contribution in [2.24, 2.45) is 4.99 Å². The standard InChI is InChI=1S/C20H29N5O3/c1-5-21-20(23-13-18-12-19(14(2)3)25-28-18)22-9-10-27-17-8-6-7-16(11-17)24-15(4)26/h6-8,11-12,14H,5,9-10,13H2,1-4H3,(H,24,26)(H2,21,22,23). The summed E-state index contributed by atoms with van der Waals surface area (Å²) in [6.45, 7) is 9.81. The number of guanidine groups is 1. The lowest BCUT2D eigenvalue weighted by molar-refractivity contribution is -0.114. The average molecular weight is 387 g/mol. The molecule has 0 aliphatic rings. The van der Waals surface area contributed by atoms with Gasteiger partial charge in [-0.05, 0) is 25.0 Å². The molecule has 1 aromatic heterocycles. The number of hydrogen-bond acceptors (Lipinski definition) is 5. The lowest BCUT2D eigenvalue weighted by Crippen LogP contribution is -2.39. The molecule has 0 saturated heterocycles. The van der Waals surface area contributed by atoms with E-state index in [1.54, 1.807) is 6.07 Å². The van der Waals surface area contributed by atoms with E-state index in [9.17, 15) is 4.79 Å². The predicted molar refractivity (Wildman–Crippen MR) is 110 cm³/mol. The number of aliphatic imine (C=N–C) groups is 1. The number of amides is 1. The Morgan fingerprint density at radius 1 is 1.29 bits per heavy atom. The molecule has 0 fully saturated rings. The highest BCUT2D eigenvalue weighted by Gasteiger charge is 2.07. The third-order valence-corrected chi connectivity index (χ3v) is 3.72. The molecule has 0 spiro atoms. The minimum Gasteiger partial charge on any atom is -0.492 e. The van der Waals surface area contributed by atoms with Gasteiger partial charge in [-0.25, -0.2) is 4.99 Å². The smallest absolute Gasteiger partial charge is 0.221 e. The summed E-state index contributed by atoms with van der Waals surface area (Å²) in [5.74, 6) is 2.32. The van der Waals surface area contributed by atoms with Crippen LogP contribution in [0.5, 0.6) is 5.75 Å². The molecule has 2 rings (SSSR count). The molecule has 1 amide bonds. The van der Waals surface area contributed by atoms with E-state index in [-0.39, 0.29) is 5.91 Å². The molecule has 0 unspecified atom stereocenters. The third kappa shape index (κ3) is 7.30. The monoisotopic (exact) mass is 387 g/mol. The van der Waals surface area contributed by atoms with Gasteiger partial charge in [0.1, 0.15) is 18.9 Å². The Morgan fingerprint density at radius 3 is 2.79 bits per heavy atom. The average Bonchev–Trinajstić information content (AvgIpc) is 3.12. The fraction of sp³-hybridized carbons (Fsp3) is 0.450. The minimum absolute atomic E-state index is 0.113. The zero-order valence-corrected chi connectivity index (χ0v) is 16.9. The predicted octanol–water partition coefficient (Wildman–Crippen LogP) is 2.89. The first kappa shape index (κ1) is 21.3. The number of benzene rings is 1. The van der Waals surface area contributed by atoms with Crippen molar-refractivity contribution in [2.75, 3.05) is 25.0 Å². The van der Waals surface area contributed by atoms with Crippen LogP contribution in [0.4, 0.5) is 5.69 Å². The maximum absolute atomic E-state index is 11.1. The molecule has 1 heterocycles. The number of ether oxygens (including phenoxy) is 1. The molecule has 0 atom stereocenters. The van der Waals surface area contributed by atoms with Gasteiger partial charge >= 0.3 is 0 Å². The molecular formula is C20H29N5O3. The van der Waals surface area contributed by atoms with Crippen molar-refractivity contribution in [1.29, 1.82) is 0 Å². The van der Waals surface area contributed by atoms with Gasteiger partial charge in [0.25, 0.3) is 0 Å². The lowest BCUT2D eigenvalue weighted by Gasteiger charge is -2.12. The van der Waals surface area contributed by atoms with Gasteiger partial charge in [0.2, 0.25) is 5.91 Å². The van der Waals surface area contributed by atoms with Crippen molar-refractivity contribution in [2.45, 2.75) is 40.2 Å². The molecule has 8 nitrogen and oxygen atoms in total. The summed E-state index contributed by atoms with van der Waals surface area (Å²) < 4.78 is 11.0. The van der Waals surface area contributed by atoms with Crippen LogP contribution in [0.25, 0.3) is 0 Å². The molecule has 28 heavy (non-hydrogen) atoms. The van der Waals surface area contributed by atoms with Gasteiger partial charge in [-0.15, -0.1) is 0 Å². The van der Waals surface area contributed by atoms with E-state index in [0.29, 0.717) is 43.0 Å². The van der Waals surface area contributed by atoms with Crippen LogP contribution in [0, 0.1) is 0 Å². The first-order valence-electron chi connectivity index (χ1n) is 9.46. The largest absolute Gasteiger partial charge is 0.492 e. The maximum Gasteiger partial charge on any atom is 0.221 e. The molecule has 0 aliphatic heterocycles. The number of hydrogen-bond donors (Lipinski definition) is 3. The van der Waals surface area contributed by atoms with Crippen molar-refractivity contribution >= 4 is 17.6 Å². The summed E-state index contributed by atoms with van der Waals surface area (Å²) in [5.41, 5.74) is 1.64. The van der Waals surface area contributed by atoms with E-state index >= 15 is 0 Å². The van der Waals surface area contributed by atoms with Gasteiger partial charge in [0.15, 0.2) is 11.7 Å². The van der Waals surface area contributed by atoms with Crippen molar-refractivity contribution in [3.8, 4) is 5.75 Å².